The van der Waals surface area contributed by atoms with E-state index in [9.17, 15) is 23.9 Å². The summed E-state index contributed by atoms with van der Waals surface area (Å²) >= 11 is 0. The number of aromatic nitrogens is 2. The van der Waals surface area contributed by atoms with Gasteiger partial charge in [0.1, 0.15) is 17.0 Å². The number of nitrogens with two attached hydrogens (primary N) is 1. The minimum atomic E-state index is -1.28. The normalized spacial score (nSPS) is 10.9. The van der Waals surface area contributed by atoms with Gasteiger partial charge in [0.15, 0.2) is 18.6 Å². The lowest BCUT2D eigenvalue weighted by Gasteiger charge is -2.15. The number of benzene rings is 2. The van der Waals surface area contributed by atoms with Gasteiger partial charge in [-0.05, 0) is 23.6 Å². The van der Waals surface area contributed by atoms with Crippen molar-refractivity contribution >= 4 is 29.2 Å². The van der Waals surface area contributed by atoms with E-state index >= 15 is 0 Å². The second kappa shape index (κ2) is 9.76. The molecule has 0 atom stereocenters. The first-order valence-electron chi connectivity index (χ1n) is 10.9. The van der Waals surface area contributed by atoms with Gasteiger partial charge in [-0.15, -0.1) is 0 Å². The summed E-state index contributed by atoms with van der Waals surface area (Å²) in [5.74, 6) is -2.78. The second-order valence-corrected chi connectivity index (χ2v) is 7.80. The molecule has 0 aliphatic rings. The Kier molecular flexibility index (Phi) is 6.59. The summed E-state index contributed by atoms with van der Waals surface area (Å²) in [6.07, 6.45) is 0.706. The number of carboxylic acid groups (broad SMARTS) is 1. The highest BCUT2D eigenvalue weighted by molar-refractivity contribution is 6.36. The molecule has 0 amide bonds. The van der Waals surface area contributed by atoms with E-state index in [-0.39, 0.29) is 40.9 Å². The lowest BCUT2D eigenvalue weighted by Crippen LogP contribution is -2.16. The number of rotatable bonds is 9. The summed E-state index contributed by atoms with van der Waals surface area (Å²) in [5, 5.41) is 13.9. The molecule has 0 saturated heterocycles. The molecule has 9 heteroatoms. The molecule has 0 unspecified atom stereocenters. The number of anilines is 1. The van der Waals surface area contributed by atoms with Crippen LogP contribution in [0.3, 0.4) is 0 Å². The average molecular weight is 475 g/mol. The van der Waals surface area contributed by atoms with Crippen LogP contribution in [0.15, 0.2) is 54.6 Å². The van der Waals surface area contributed by atoms with Gasteiger partial charge in [0, 0.05) is 12.0 Å². The van der Waals surface area contributed by atoms with Crippen LogP contribution in [0.25, 0.3) is 16.8 Å². The number of halogens is 1. The van der Waals surface area contributed by atoms with Crippen molar-refractivity contribution in [1.29, 1.82) is 0 Å². The molecule has 3 N–H and O–H groups in total. The number of hydrogen-bond donors (Lipinski definition) is 2. The summed E-state index contributed by atoms with van der Waals surface area (Å²) < 4.78 is 21.6. The largest absolute Gasteiger partial charge is 0.479 e. The predicted molar refractivity (Wildman–Crippen MR) is 127 cm³/mol. The Morgan fingerprint density at radius 3 is 2.46 bits per heavy atom. The Morgan fingerprint density at radius 1 is 1.14 bits per heavy atom. The molecule has 2 aromatic carbocycles. The number of carbonyl (C=O) groups is 3. The number of ketones is 1. The van der Waals surface area contributed by atoms with Crippen molar-refractivity contribution < 1.29 is 28.6 Å². The fraction of sp³-hybridized carbons (Fsp3) is 0.154. The maximum absolute atomic E-state index is 14.5. The average Bonchev–Trinajstić information content (AvgIpc) is 3.13. The van der Waals surface area contributed by atoms with Gasteiger partial charge < -0.3 is 15.6 Å². The first-order chi connectivity index (χ1) is 16.9. The number of aldehydes is 1. The highest BCUT2D eigenvalue weighted by atomic mass is 19.1. The molecule has 2 aromatic heterocycles. The summed E-state index contributed by atoms with van der Waals surface area (Å²) in [6.45, 7) is 1.09. The van der Waals surface area contributed by atoms with Crippen LogP contribution in [0.1, 0.15) is 34.1 Å². The molecule has 0 fully saturated rings. The van der Waals surface area contributed by atoms with E-state index < -0.39 is 24.2 Å². The summed E-state index contributed by atoms with van der Waals surface area (Å²) in [4.78, 5) is 35.7. The Morgan fingerprint density at radius 2 is 1.83 bits per heavy atom. The Bertz CT molecular complexity index is 1450. The maximum Gasteiger partial charge on any atom is 0.341 e. The minimum Gasteiger partial charge on any atom is -0.479 e. The third-order valence-electron chi connectivity index (χ3n) is 5.68. The van der Waals surface area contributed by atoms with E-state index in [1.54, 1.807) is 48.5 Å². The van der Waals surface area contributed by atoms with Gasteiger partial charge >= 0.3 is 5.97 Å². The minimum absolute atomic E-state index is 0.114. The van der Waals surface area contributed by atoms with E-state index in [0.717, 1.165) is 0 Å². The third kappa shape index (κ3) is 4.35. The van der Waals surface area contributed by atoms with Gasteiger partial charge in [-0.25, -0.2) is 13.7 Å². The standard InChI is InChI=1S/C26H22FN3O5/c1-2-17-19(12-16-10-6-7-11-18(16)27)30-25(23(17)28)26(35-14-21(33)34)22(20(32)13-31)24(29-30)15-8-4-3-5-9-15/h3-11,13H,2,12,14,28H2,1H3,(H,33,34). The molecule has 4 aromatic rings. The van der Waals surface area contributed by atoms with Gasteiger partial charge in [0.2, 0.25) is 5.78 Å². The van der Waals surface area contributed by atoms with E-state index in [4.69, 9.17) is 10.5 Å². The Balaban J connectivity index is 2.12. The lowest BCUT2D eigenvalue weighted by molar-refractivity contribution is -0.139. The molecule has 178 valence electrons. The van der Waals surface area contributed by atoms with Crippen molar-refractivity contribution in [2.45, 2.75) is 19.8 Å². The van der Waals surface area contributed by atoms with Gasteiger partial charge in [-0.3, -0.25) is 9.59 Å². The number of carboxylic acids is 1. The van der Waals surface area contributed by atoms with Crippen molar-refractivity contribution in [3.05, 3.63) is 82.8 Å². The SMILES string of the molecule is CCc1c(N)c2c(OCC(=O)O)c(C(=O)C=O)c(-c3ccccc3)nn2c1Cc1ccccc1F. The molecule has 0 saturated carbocycles. The molecular formula is C26H22FN3O5. The molecule has 0 bridgehead atoms. The van der Waals surface area contributed by atoms with Crippen LogP contribution in [0.5, 0.6) is 5.75 Å². The number of hydrogen-bond acceptors (Lipinski definition) is 6. The zero-order valence-electron chi connectivity index (χ0n) is 18.8. The van der Waals surface area contributed by atoms with E-state index in [1.807, 2.05) is 6.92 Å². The molecule has 2 heterocycles. The summed E-state index contributed by atoms with van der Waals surface area (Å²) in [6, 6.07) is 14.9. The molecule has 8 nitrogen and oxygen atoms in total. The van der Waals surface area contributed by atoms with E-state index in [1.165, 1.54) is 10.6 Å². The quantitative estimate of drug-likeness (QED) is 0.215. The zero-order valence-corrected chi connectivity index (χ0v) is 18.8. The smallest absolute Gasteiger partial charge is 0.341 e. The molecule has 0 spiro atoms. The number of Topliss-reactive ketones (excluding diaryl/α,β-unsaturated/α-hetero) is 1. The maximum atomic E-state index is 14.5. The highest BCUT2D eigenvalue weighted by Gasteiger charge is 2.29. The molecule has 0 aliphatic carbocycles. The summed E-state index contributed by atoms with van der Waals surface area (Å²) in [7, 11) is 0. The predicted octanol–water partition coefficient (Wildman–Crippen LogP) is 3.72. The zero-order chi connectivity index (χ0) is 25.1. The van der Waals surface area contributed by atoms with Crippen molar-refractivity contribution in [1.82, 2.24) is 9.61 Å². The van der Waals surface area contributed by atoms with Crippen LogP contribution in [-0.4, -0.2) is 39.4 Å². The van der Waals surface area contributed by atoms with Gasteiger partial charge in [-0.1, -0.05) is 55.5 Å². The van der Waals surface area contributed by atoms with Gasteiger partial charge in [0.25, 0.3) is 0 Å². The number of carbonyl (C=O) groups excluding carboxylic acids is 2. The van der Waals surface area contributed by atoms with Crippen molar-refractivity contribution in [2.24, 2.45) is 0 Å². The highest BCUT2D eigenvalue weighted by Crippen LogP contribution is 2.40. The van der Waals surface area contributed by atoms with Crippen LogP contribution in [0.2, 0.25) is 0 Å². The van der Waals surface area contributed by atoms with Gasteiger partial charge in [-0.2, -0.15) is 5.10 Å². The van der Waals surface area contributed by atoms with E-state index in [2.05, 4.69) is 5.10 Å². The van der Waals surface area contributed by atoms with Crippen molar-refractivity contribution in [3.8, 4) is 17.0 Å². The topological polar surface area (TPSA) is 124 Å². The molecule has 35 heavy (non-hydrogen) atoms. The van der Waals surface area contributed by atoms with E-state index in [0.29, 0.717) is 28.8 Å². The van der Waals surface area contributed by atoms with Crippen LogP contribution >= 0.6 is 0 Å². The number of nitrogens with zero attached hydrogens (tertiary/aromatic N) is 2. The molecular weight excluding hydrogens is 453 g/mol. The van der Waals surface area contributed by atoms with Crippen LogP contribution in [0, 0.1) is 5.82 Å². The monoisotopic (exact) mass is 475 g/mol. The number of nitrogen functional groups attached to an aromatic ring is 1. The molecule has 0 aliphatic heterocycles. The van der Waals surface area contributed by atoms with Crippen molar-refractivity contribution in [3.63, 3.8) is 0 Å². The van der Waals surface area contributed by atoms with Crippen LogP contribution in [-0.2, 0) is 22.4 Å². The first-order valence-corrected chi connectivity index (χ1v) is 10.9. The Labute approximate surface area is 199 Å². The molecule has 4 rings (SSSR count). The fourth-order valence-electron chi connectivity index (χ4n) is 4.14. The number of fused-ring (bicyclic) bond motifs is 1. The van der Waals surface area contributed by atoms with Gasteiger partial charge in [0.05, 0.1) is 16.9 Å². The number of aliphatic carboxylic acids is 1. The van der Waals surface area contributed by atoms with Crippen molar-refractivity contribution in [2.75, 3.05) is 12.3 Å². The van der Waals surface area contributed by atoms with Crippen LogP contribution in [0.4, 0.5) is 10.1 Å². The molecule has 0 radical (unpaired) electrons. The fourth-order valence-corrected chi connectivity index (χ4v) is 4.14. The number of ether oxygens (including phenoxy) is 1. The Hall–Kier alpha value is -4.53. The third-order valence-corrected chi connectivity index (χ3v) is 5.68. The second-order valence-electron chi connectivity index (χ2n) is 7.80. The van der Waals surface area contributed by atoms with Crippen LogP contribution < -0.4 is 10.5 Å². The lowest BCUT2D eigenvalue weighted by atomic mass is 10.0. The first kappa shape index (κ1) is 23.6. The summed E-state index contributed by atoms with van der Waals surface area (Å²) in [5.41, 5.74) is 8.88.